The maximum atomic E-state index is 13.0. The first kappa shape index (κ1) is 23.7. The van der Waals surface area contributed by atoms with Crippen molar-refractivity contribution in [3.05, 3.63) is 98.1 Å². The van der Waals surface area contributed by atoms with Crippen molar-refractivity contribution < 1.29 is 19.1 Å². The summed E-state index contributed by atoms with van der Waals surface area (Å²) < 4.78 is 12.5. The van der Waals surface area contributed by atoms with Crippen molar-refractivity contribution in [3.8, 4) is 11.5 Å². The van der Waals surface area contributed by atoms with Gasteiger partial charge in [0, 0.05) is 5.56 Å². The Morgan fingerprint density at radius 3 is 2.44 bits per heavy atom. The fourth-order valence-corrected chi connectivity index (χ4v) is 4.28. The molecule has 0 saturated carbocycles. The van der Waals surface area contributed by atoms with Crippen LogP contribution in [0.25, 0.3) is 6.08 Å². The summed E-state index contributed by atoms with van der Waals surface area (Å²) in [5, 5.41) is 5.11. The van der Waals surface area contributed by atoms with Gasteiger partial charge in [-0.25, -0.2) is 0 Å². The molecule has 1 aliphatic rings. The molecule has 34 heavy (non-hydrogen) atoms. The van der Waals surface area contributed by atoms with E-state index in [9.17, 15) is 9.59 Å². The van der Waals surface area contributed by atoms with Crippen LogP contribution in [0.5, 0.6) is 11.5 Å². The first-order chi connectivity index (χ1) is 16.4. The number of carbonyl (C=O) groups is 2. The van der Waals surface area contributed by atoms with Crippen LogP contribution >= 0.6 is 22.6 Å². The largest absolute Gasteiger partial charge is 0.493 e. The third-order valence-electron chi connectivity index (χ3n) is 5.34. The predicted octanol–water partition coefficient (Wildman–Crippen LogP) is 5.63. The number of imide groups is 1. The van der Waals surface area contributed by atoms with Gasteiger partial charge in [0.2, 0.25) is 0 Å². The third kappa shape index (κ3) is 5.04. The van der Waals surface area contributed by atoms with Crippen molar-refractivity contribution >= 4 is 46.2 Å². The van der Waals surface area contributed by atoms with Crippen LogP contribution in [-0.4, -0.2) is 29.6 Å². The molecule has 3 aromatic carbocycles. The van der Waals surface area contributed by atoms with E-state index in [0.29, 0.717) is 35.0 Å². The maximum Gasteiger partial charge on any atom is 0.283 e. The molecule has 4 rings (SSSR count). The normalized spacial score (nSPS) is 14.4. The second-order valence-corrected chi connectivity index (χ2v) is 9.00. The summed E-state index contributed by atoms with van der Waals surface area (Å²) in [5.74, 6) is 0.276. The molecule has 0 N–H and O–H groups in total. The van der Waals surface area contributed by atoms with Gasteiger partial charge in [0.15, 0.2) is 11.5 Å². The molecule has 6 nitrogen and oxygen atoms in total. The Hall–Kier alpha value is -3.46. The van der Waals surface area contributed by atoms with E-state index < -0.39 is 11.8 Å². The van der Waals surface area contributed by atoms with Gasteiger partial charge in [0.05, 0.1) is 22.0 Å². The fraction of sp³-hybridized carbons (Fsp3) is 0.148. The summed E-state index contributed by atoms with van der Waals surface area (Å²) in [4.78, 5) is 25.7. The molecule has 172 valence electrons. The van der Waals surface area contributed by atoms with Crippen LogP contribution in [-0.2, 0) is 11.4 Å². The summed E-state index contributed by atoms with van der Waals surface area (Å²) in [6.07, 6.45) is 1.72. The molecule has 1 aliphatic heterocycles. The van der Waals surface area contributed by atoms with E-state index in [2.05, 4.69) is 27.7 Å². The average molecular weight is 566 g/mol. The summed E-state index contributed by atoms with van der Waals surface area (Å²) >= 11 is 2.19. The molecule has 0 fully saturated rings. The Morgan fingerprint density at radius 2 is 1.76 bits per heavy atom. The van der Waals surface area contributed by atoms with Gasteiger partial charge in [0.1, 0.15) is 6.61 Å². The van der Waals surface area contributed by atoms with Crippen LogP contribution in [0.3, 0.4) is 0 Å². The van der Waals surface area contributed by atoms with Crippen LogP contribution in [0.2, 0.25) is 0 Å². The predicted molar refractivity (Wildman–Crippen MR) is 140 cm³/mol. The fourth-order valence-electron chi connectivity index (χ4n) is 3.49. The van der Waals surface area contributed by atoms with E-state index in [4.69, 9.17) is 9.47 Å². The molecular formula is C27H23IN2O4. The zero-order valence-corrected chi connectivity index (χ0v) is 21.2. The highest BCUT2D eigenvalue weighted by Crippen LogP contribution is 2.35. The molecule has 0 radical (unpaired) electrons. The zero-order valence-electron chi connectivity index (χ0n) is 19.0. The van der Waals surface area contributed by atoms with Crippen molar-refractivity contribution in [1.82, 2.24) is 5.01 Å². The molecule has 3 aromatic rings. The Labute approximate surface area is 212 Å². The lowest BCUT2D eigenvalue weighted by Crippen LogP contribution is -2.29. The Kier molecular flexibility index (Phi) is 7.12. The highest BCUT2D eigenvalue weighted by atomic mass is 127. The molecule has 0 aliphatic carbocycles. The lowest BCUT2D eigenvalue weighted by atomic mass is 10.1. The van der Waals surface area contributed by atoms with Gasteiger partial charge in [-0.05, 0) is 77.9 Å². The minimum absolute atomic E-state index is 0.357. The van der Waals surface area contributed by atoms with Gasteiger partial charge >= 0.3 is 0 Å². The number of hydrogen-bond donors (Lipinski definition) is 0. The van der Waals surface area contributed by atoms with Gasteiger partial charge in [-0.15, -0.1) is 0 Å². The second kappa shape index (κ2) is 10.2. The molecule has 0 spiro atoms. The lowest BCUT2D eigenvalue weighted by molar-refractivity contribution is -0.123. The number of benzene rings is 3. The van der Waals surface area contributed by atoms with Crippen LogP contribution in [0.4, 0.5) is 0 Å². The van der Waals surface area contributed by atoms with Gasteiger partial charge in [-0.1, -0.05) is 48.0 Å². The molecular weight excluding hydrogens is 543 g/mol. The summed E-state index contributed by atoms with van der Waals surface area (Å²) in [6.45, 7) is 4.17. The minimum Gasteiger partial charge on any atom is -0.493 e. The standard InChI is InChI=1S/C27H23IN2O4/c1-17-9-11-19(12-10-17)16-34-25-23(28)14-20(15-24(25)33-3)13-22-18(2)29-30(27(22)32)26(31)21-7-5-4-6-8-21/h4-15H,16H2,1-3H3/b22-13+. The number of ether oxygens (including phenoxy) is 2. The number of aryl methyl sites for hydroxylation is 1. The highest BCUT2D eigenvalue weighted by Gasteiger charge is 2.33. The average Bonchev–Trinajstić information content (AvgIpc) is 3.12. The smallest absolute Gasteiger partial charge is 0.283 e. The molecule has 0 saturated heterocycles. The molecule has 2 amide bonds. The Bertz CT molecular complexity index is 1300. The maximum absolute atomic E-state index is 13.0. The van der Waals surface area contributed by atoms with E-state index in [0.717, 1.165) is 19.7 Å². The van der Waals surface area contributed by atoms with Crippen LogP contribution in [0.1, 0.15) is 34.0 Å². The van der Waals surface area contributed by atoms with Gasteiger partial charge < -0.3 is 9.47 Å². The van der Waals surface area contributed by atoms with E-state index in [1.807, 2.05) is 49.4 Å². The summed E-state index contributed by atoms with van der Waals surface area (Å²) in [6, 6.07) is 20.5. The number of halogens is 1. The van der Waals surface area contributed by atoms with E-state index in [-0.39, 0.29) is 0 Å². The number of carbonyl (C=O) groups excluding carboxylic acids is 2. The van der Waals surface area contributed by atoms with Crippen molar-refractivity contribution in [1.29, 1.82) is 0 Å². The molecule has 0 atom stereocenters. The topological polar surface area (TPSA) is 68.2 Å². The van der Waals surface area contributed by atoms with E-state index >= 15 is 0 Å². The molecule has 0 bridgehead atoms. The zero-order chi connectivity index (χ0) is 24.2. The van der Waals surface area contributed by atoms with Crippen molar-refractivity contribution in [3.63, 3.8) is 0 Å². The first-order valence-electron chi connectivity index (χ1n) is 10.6. The van der Waals surface area contributed by atoms with Crippen molar-refractivity contribution in [2.24, 2.45) is 5.10 Å². The number of amides is 2. The minimum atomic E-state index is -0.458. The van der Waals surface area contributed by atoms with Crippen LogP contribution < -0.4 is 9.47 Å². The number of hydrogen-bond acceptors (Lipinski definition) is 5. The second-order valence-electron chi connectivity index (χ2n) is 7.84. The molecule has 7 heteroatoms. The molecule has 0 aromatic heterocycles. The summed E-state index contributed by atoms with van der Waals surface area (Å²) in [5.41, 5.74) is 4.23. The lowest BCUT2D eigenvalue weighted by Gasteiger charge is -2.14. The quantitative estimate of drug-likeness (QED) is 0.221. The number of rotatable bonds is 6. The number of hydrazone groups is 1. The molecule has 1 heterocycles. The first-order valence-corrected chi connectivity index (χ1v) is 11.7. The van der Waals surface area contributed by atoms with Gasteiger partial charge in [0.25, 0.3) is 11.8 Å². The number of methoxy groups -OCH3 is 1. The highest BCUT2D eigenvalue weighted by molar-refractivity contribution is 14.1. The Balaban J connectivity index is 1.57. The van der Waals surface area contributed by atoms with Crippen molar-refractivity contribution in [2.45, 2.75) is 20.5 Å². The van der Waals surface area contributed by atoms with E-state index in [1.54, 1.807) is 44.4 Å². The van der Waals surface area contributed by atoms with Gasteiger partial charge in [-0.3, -0.25) is 9.59 Å². The van der Waals surface area contributed by atoms with Crippen LogP contribution in [0, 0.1) is 10.5 Å². The van der Waals surface area contributed by atoms with Gasteiger partial charge in [-0.2, -0.15) is 10.1 Å². The SMILES string of the molecule is COc1cc(/C=C2/C(=O)N(C(=O)c3ccccc3)N=C2C)cc(I)c1OCc1ccc(C)cc1. The monoisotopic (exact) mass is 566 g/mol. The third-order valence-corrected chi connectivity index (χ3v) is 6.14. The molecule has 0 unspecified atom stereocenters. The summed E-state index contributed by atoms with van der Waals surface area (Å²) in [7, 11) is 1.58. The number of nitrogens with zero attached hydrogens (tertiary/aromatic N) is 2. The van der Waals surface area contributed by atoms with Crippen molar-refractivity contribution in [2.75, 3.05) is 7.11 Å². The van der Waals surface area contributed by atoms with E-state index in [1.165, 1.54) is 5.56 Å². The Morgan fingerprint density at radius 1 is 1.06 bits per heavy atom. The van der Waals surface area contributed by atoms with Crippen LogP contribution in [0.15, 0.2) is 77.4 Å².